The smallest absolute Gasteiger partial charge is 0.228 e. The molecule has 5 nitrogen and oxygen atoms in total. The van der Waals surface area contributed by atoms with Crippen molar-refractivity contribution in [1.29, 1.82) is 0 Å². The molecule has 2 atom stereocenters. The largest absolute Gasteiger partial charge is 0.378 e. The van der Waals surface area contributed by atoms with Crippen molar-refractivity contribution in [3.8, 4) is 0 Å². The quantitative estimate of drug-likeness (QED) is 0.891. The molecule has 1 aromatic rings. The number of carbonyl (C=O) groups excluding carboxylic acids is 2. The van der Waals surface area contributed by atoms with Crippen LogP contribution in [0.3, 0.4) is 0 Å². The highest BCUT2D eigenvalue weighted by Gasteiger charge is 2.49. The molecule has 1 saturated heterocycles. The molecule has 2 aliphatic rings. The first-order chi connectivity index (χ1) is 10.6. The maximum Gasteiger partial charge on any atom is 0.228 e. The molecule has 1 aliphatic carbocycles. The van der Waals surface area contributed by atoms with Crippen LogP contribution in [0.15, 0.2) is 22.7 Å². The third kappa shape index (κ3) is 3.33. The summed E-state index contributed by atoms with van der Waals surface area (Å²) in [5.74, 6) is -0.353. The average molecular weight is 367 g/mol. The van der Waals surface area contributed by atoms with E-state index in [1.165, 1.54) is 0 Å². The number of hydrogen-bond donors (Lipinski definition) is 1. The van der Waals surface area contributed by atoms with Crippen LogP contribution in [0.4, 0.5) is 5.69 Å². The number of aryl methyl sites for hydroxylation is 1. The average Bonchev–Trinajstić information content (AvgIpc) is 3.31. The molecule has 118 valence electrons. The number of anilines is 1. The minimum Gasteiger partial charge on any atom is -0.378 e. The molecule has 1 aliphatic heterocycles. The lowest BCUT2D eigenvalue weighted by atomic mass is 10.2. The Balaban J connectivity index is 1.57. The fraction of sp³-hybridized carbons (Fsp3) is 0.500. The SMILES string of the molecule is Cc1ccc(NC(=O)C2CC2C(=O)N2CCOCC2)c(Br)c1. The van der Waals surface area contributed by atoms with Crippen LogP contribution in [0.1, 0.15) is 12.0 Å². The molecule has 22 heavy (non-hydrogen) atoms. The van der Waals surface area contributed by atoms with Gasteiger partial charge in [0.15, 0.2) is 0 Å². The number of nitrogens with one attached hydrogen (secondary N) is 1. The van der Waals surface area contributed by atoms with Gasteiger partial charge in [0.2, 0.25) is 11.8 Å². The monoisotopic (exact) mass is 366 g/mol. The van der Waals surface area contributed by atoms with E-state index < -0.39 is 0 Å². The van der Waals surface area contributed by atoms with Crippen LogP contribution < -0.4 is 5.32 Å². The van der Waals surface area contributed by atoms with Crippen molar-refractivity contribution < 1.29 is 14.3 Å². The minimum atomic E-state index is -0.205. The number of rotatable bonds is 3. The molecule has 1 N–H and O–H groups in total. The van der Waals surface area contributed by atoms with Gasteiger partial charge >= 0.3 is 0 Å². The molecule has 6 heteroatoms. The van der Waals surface area contributed by atoms with Crippen LogP contribution in [-0.4, -0.2) is 43.0 Å². The Labute approximate surface area is 138 Å². The second-order valence-electron chi connectivity index (χ2n) is 5.86. The Morgan fingerprint density at radius 3 is 2.68 bits per heavy atom. The van der Waals surface area contributed by atoms with Gasteiger partial charge in [0, 0.05) is 17.6 Å². The molecule has 0 radical (unpaired) electrons. The van der Waals surface area contributed by atoms with E-state index in [9.17, 15) is 9.59 Å². The summed E-state index contributed by atoms with van der Waals surface area (Å²) in [4.78, 5) is 26.4. The van der Waals surface area contributed by atoms with Gasteiger partial charge in [0.25, 0.3) is 0 Å². The summed E-state index contributed by atoms with van der Waals surface area (Å²) in [6.07, 6.45) is 0.644. The maximum absolute atomic E-state index is 12.3. The van der Waals surface area contributed by atoms with Crippen LogP contribution in [-0.2, 0) is 14.3 Å². The number of carbonyl (C=O) groups is 2. The highest BCUT2D eigenvalue weighted by Crippen LogP contribution is 2.41. The predicted molar refractivity (Wildman–Crippen MR) is 86.5 cm³/mol. The lowest BCUT2D eigenvalue weighted by Gasteiger charge is -2.27. The van der Waals surface area contributed by atoms with Crippen molar-refractivity contribution in [3.63, 3.8) is 0 Å². The molecule has 3 rings (SSSR count). The molecule has 0 bridgehead atoms. The summed E-state index contributed by atoms with van der Waals surface area (Å²) in [6, 6.07) is 5.78. The van der Waals surface area contributed by atoms with Gasteiger partial charge in [-0.15, -0.1) is 0 Å². The molecule has 2 fully saturated rings. The van der Waals surface area contributed by atoms with E-state index in [-0.39, 0.29) is 23.7 Å². The first-order valence-electron chi connectivity index (χ1n) is 7.50. The second-order valence-corrected chi connectivity index (χ2v) is 6.71. The summed E-state index contributed by atoms with van der Waals surface area (Å²) in [5.41, 5.74) is 1.87. The zero-order valence-electron chi connectivity index (χ0n) is 12.5. The fourth-order valence-electron chi connectivity index (χ4n) is 2.72. The van der Waals surface area contributed by atoms with Crippen molar-refractivity contribution in [2.45, 2.75) is 13.3 Å². The van der Waals surface area contributed by atoms with Gasteiger partial charge < -0.3 is 15.0 Å². The van der Waals surface area contributed by atoms with Crippen LogP contribution in [0.5, 0.6) is 0 Å². The summed E-state index contributed by atoms with van der Waals surface area (Å²) in [7, 11) is 0. The van der Waals surface area contributed by atoms with Crippen molar-refractivity contribution >= 4 is 33.4 Å². The number of morpholine rings is 1. The fourth-order valence-corrected chi connectivity index (χ4v) is 3.32. The number of benzene rings is 1. The van der Waals surface area contributed by atoms with E-state index in [1.807, 2.05) is 30.0 Å². The Morgan fingerprint density at radius 2 is 2.00 bits per heavy atom. The highest BCUT2D eigenvalue weighted by atomic mass is 79.9. The lowest BCUT2D eigenvalue weighted by Crippen LogP contribution is -2.42. The number of ether oxygens (including phenoxy) is 1. The maximum atomic E-state index is 12.3. The standard InChI is InChI=1S/C16H19BrN2O3/c1-10-2-3-14(13(17)8-10)18-15(20)11-9-12(11)16(21)19-4-6-22-7-5-19/h2-3,8,11-12H,4-7,9H2,1H3,(H,18,20). The Morgan fingerprint density at radius 1 is 1.27 bits per heavy atom. The summed E-state index contributed by atoms with van der Waals surface area (Å²) >= 11 is 3.45. The summed E-state index contributed by atoms with van der Waals surface area (Å²) in [5, 5.41) is 2.91. The van der Waals surface area contributed by atoms with E-state index in [1.54, 1.807) is 0 Å². The van der Waals surface area contributed by atoms with Gasteiger partial charge in [-0.2, -0.15) is 0 Å². The molecule has 1 saturated carbocycles. The van der Waals surface area contributed by atoms with Gasteiger partial charge in [-0.25, -0.2) is 0 Å². The first kappa shape index (κ1) is 15.5. The Bertz CT molecular complexity index is 599. The van der Waals surface area contributed by atoms with Crippen LogP contribution >= 0.6 is 15.9 Å². The molecule has 1 aromatic carbocycles. The lowest BCUT2D eigenvalue weighted by molar-refractivity contribution is -0.137. The third-order valence-corrected chi connectivity index (χ3v) is 4.81. The van der Waals surface area contributed by atoms with E-state index >= 15 is 0 Å². The van der Waals surface area contributed by atoms with Crippen molar-refractivity contribution in [2.24, 2.45) is 11.8 Å². The van der Waals surface area contributed by atoms with Crippen molar-refractivity contribution in [1.82, 2.24) is 4.90 Å². The number of halogens is 1. The van der Waals surface area contributed by atoms with Crippen molar-refractivity contribution in [3.05, 3.63) is 28.2 Å². The molecule has 2 amide bonds. The number of nitrogens with zero attached hydrogens (tertiary/aromatic N) is 1. The molecule has 1 heterocycles. The number of hydrogen-bond acceptors (Lipinski definition) is 3. The first-order valence-corrected chi connectivity index (χ1v) is 8.29. The van der Waals surface area contributed by atoms with Crippen LogP contribution in [0, 0.1) is 18.8 Å². The topological polar surface area (TPSA) is 58.6 Å². The molecule has 0 spiro atoms. The molecular weight excluding hydrogens is 348 g/mol. The van der Waals surface area contributed by atoms with Crippen LogP contribution in [0.25, 0.3) is 0 Å². The zero-order chi connectivity index (χ0) is 15.7. The summed E-state index contributed by atoms with van der Waals surface area (Å²) in [6.45, 7) is 4.44. The highest BCUT2D eigenvalue weighted by molar-refractivity contribution is 9.10. The van der Waals surface area contributed by atoms with Crippen LogP contribution in [0.2, 0.25) is 0 Å². The van der Waals surface area contributed by atoms with Crippen molar-refractivity contribution in [2.75, 3.05) is 31.6 Å². The van der Waals surface area contributed by atoms with E-state index in [4.69, 9.17) is 4.74 Å². The van der Waals surface area contributed by atoms with E-state index in [0.717, 1.165) is 15.7 Å². The van der Waals surface area contributed by atoms with Gasteiger partial charge in [-0.3, -0.25) is 9.59 Å². The van der Waals surface area contributed by atoms with Gasteiger partial charge in [0.05, 0.1) is 30.7 Å². The predicted octanol–water partition coefficient (Wildman–Crippen LogP) is 2.19. The van der Waals surface area contributed by atoms with E-state index in [0.29, 0.717) is 32.7 Å². The Hall–Kier alpha value is -1.40. The molecular formula is C16H19BrN2O3. The number of amides is 2. The minimum absolute atomic E-state index is 0.0730. The van der Waals surface area contributed by atoms with Gasteiger partial charge in [0.1, 0.15) is 0 Å². The molecule has 0 aromatic heterocycles. The Kier molecular flexibility index (Phi) is 4.49. The third-order valence-electron chi connectivity index (χ3n) is 4.15. The summed E-state index contributed by atoms with van der Waals surface area (Å²) < 4.78 is 6.11. The normalized spacial score (nSPS) is 24.0. The second kappa shape index (κ2) is 6.38. The molecule has 2 unspecified atom stereocenters. The zero-order valence-corrected chi connectivity index (χ0v) is 14.1. The van der Waals surface area contributed by atoms with E-state index in [2.05, 4.69) is 21.2 Å². The van der Waals surface area contributed by atoms with Gasteiger partial charge in [-0.05, 0) is 47.0 Å². The van der Waals surface area contributed by atoms with Gasteiger partial charge in [-0.1, -0.05) is 6.07 Å².